The number of rotatable bonds is 4. The Bertz CT molecular complexity index is 799. The van der Waals surface area contributed by atoms with Gasteiger partial charge >= 0.3 is 0 Å². The SMILES string of the molecule is COc1ccc(CN2CC(C3=Nc4ccccc4[N]3)CC2=O)cc1. The number of amides is 1. The molecule has 1 radical (unpaired) electrons. The fourth-order valence-electron chi connectivity index (χ4n) is 3.16. The van der Waals surface area contributed by atoms with Crippen LogP contribution in [0.1, 0.15) is 12.0 Å². The Hall–Kier alpha value is -2.82. The van der Waals surface area contributed by atoms with Crippen LogP contribution in [0.15, 0.2) is 53.5 Å². The Morgan fingerprint density at radius 3 is 2.58 bits per heavy atom. The van der Waals surface area contributed by atoms with Crippen molar-refractivity contribution in [1.29, 1.82) is 0 Å². The third-order valence-electron chi connectivity index (χ3n) is 4.46. The van der Waals surface area contributed by atoms with Crippen LogP contribution in [0, 0.1) is 5.92 Å². The standard InChI is InChI=1S/C19H18N3O2/c1-24-15-8-6-13(7-9-15)11-22-12-14(10-18(22)23)19-20-16-4-2-3-5-17(16)21-19/h2-9,14H,10-12H2,1H3. The van der Waals surface area contributed by atoms with Crippen LogP contribution in [-0.2, 0) is 11.3 Å². The number of ether oxygens (including phenoxy) is 1. The van der Waals surface area contributed by atoms with Gasteiger partial charge in [0.25, 0.3) is 0 Å². The number of benzene rings is 2. The number of hydrogen-bond acceptors (Lipinski definition) is 3. The highest BCUT2D eigenvalue weighted by Crippen LogP contribution is 2.34. The van der Waals surface area contributed by atoms with Gasteiger partial charge in [-0.2, -0.15) is 0 Å². The summed E-state index contributed by atoms with van der Waals surface area (Å²) in [5.74, 6) is 1.83. The van der Waals surface area contributed by atoms with Crippen molar-refractivity contribution < 1.29 is 9.53 Å². The minimum absolute atomic E-state index is 0.0724. The van der Waals surface area contributed by atoms with Gasteiger partial charge in [0, 0.05) is 25.4 Å². The number of carbonyl (C=O) groups is 1. The summed E-state index contributed by atoms with van der Waals surface area (Å²) in [7, 11) is 1.65. The zero-order valence-electron chi connectivity index (χ0n) is 13.5. The number of hydrogen-bond donors (Lipinski definition) is 0. The van der Waals surface area contributed by atoms with Crippen LogP contribution in [0.2, 0.25) is 0 Å². The summed E-state index contributed by atoms with van der Waals surface area (Å²) in [5.41, 5.74) is 2.89. The van der Waals surface area contributed by atoms with Crippen molar-refractivity contribution in [2.24, 2.45) is 10.9 Å². The highest BCUT2D eigenvalue weighted by Gasteiger charge is 2.35. The van der Waals surface area contributed by atoms with E-state index in [1.165, 1.54) is 0 Å². The van der Waals surface area contributed by atoms with Gasteiger partial charge in [-0.15, -0.1) is 0 Å². The number of aliphatic imine (C=N–C) groups is 1. The van der Waals surface area contributed by atoms with Gasteiger partial charge in [0.1, 0.15) is 11.6 Å². The molecular weight excluding hydrogens is 302 g/mol. The van der Waals surface area contributed by atoms with Crippen LogP contribution in [0.25, 0.3) is 0 Å². The van der Waals surface area contributed by atoms with Crippen molar-refractivity contribution in [2.75, 3.05) is 13.7 Å². The van der Waals surface area contributed by atoms with E-state index in [1.54, 1.807) is 7.11 Å². The lowest BCUT2D eigenvalue weighted by molar-refractivity contribution is -0.128. The van der Waals surface area contributed by atoms with Gasteiger partial charge in [0.2, 0.25) is 5.91 Å². The van der Waals surface area contributed by atoms with E-state index in [1.807, 2.05) is 53.4 Å². The van der Waals surface area contributed by atoms with E-state index in [-0.39, 0.29) is 11.8 Å². The molecule has 5 nitrogen and oxygen atoms in total. The number of nitrogens with zero attached hydrogens (tertiary/aromatic N) is 3. The van der Waals surface area contributed by atoms with E-state index in [0.29, 0.717) is 19.5 Å². The molecule has 2 aliphatic heterocycles. The maximum atomic E-state index is 12.3. The third-order valence-corrected chi connectivity index (χ3v) is 4.46. The van der Waals surface area contributed by atoms with Gasteiger partial charge in [-0.1, -0.05) is 24.3 Å². The Kier molecular flexibility index (Phi) is 3.69. The first-order chi connectivity index (χ1) is 11.7. The first-order valence-electron chi connectivity index (χ1n) is 8.03. The molecule has 121 valence electrons. The summed E-state index contributed by atoms with van der Waals surface area (Å²) < 4.78 is 5.17. The molecular formula is C19H18N3O2. The summed E-state index contributed by atoms with van der Waals surface area (Å²) in [4.78, 5) is 18.8. The molecule has 1 fully saturated rings. The van der Waals surface area contributed by atoms with Crippen LogP contribution in [0.4, 0.5) is 11.4 Å². The number of amidine groups is 1. The number of likely N-dealkylation sites (tertiary alicyclic amines) is 1. The lowest BCUT2D eigenvalue weighted by atomic mass is 10.1. The van der Waals surface area contributed by atoms with E-state index in [4.69, 9.17) is 4.74 Å². The number of para-hydroxylation sites is 2. The molecule has 1 amide bonds. The maximum Gasteiger partial charge on any atom is 0.223 e. The van der Waals surface area contributed by atoms with Crippen LogP contribution >= 0.6 is 0 Å². The molecule has 4 rings (SSSR count). The largest absolute Gasteiger partial charge is 0.497 e. The Labute approximate surface area is 141 Å². The molecule has 2 aliphatic rings. The number of fused-ring (bicyclic) bond motifs is 1. The van der Waals surface area contributed by atoms with Crippen molar-refractivity contribution in [3.63, 3.8) is 0 Å². The van der Waals surface area contributed by atoms with Gasteiger partial charge in [-0.05, 0) is 29.8 Å². The van der Waals surface area contributed by atoms with Gasteiger partial charge in [-0.3, -0.25) is 4.79 Å². The maximum absolute atomic E-state index is 12.3. The molecule has 0 aliphatic carbocycles. The van der Waals surface area contributed by atoms with E-state index < -0.39 is 0 Å². The van der Waals surface area contributed by atoms with Gasteiger partial charge in [0.05, 0.1) is 18.5 Å². The zero-order valence-corrected chi connectivity index (χ0v) is 13.5. The highest BCUT2D eigenvalue weighted by atomic mass is 16.5. The molecule has 0 bridgehead atoms. The summed E-state index contributed by atoms with van der Waals surface area (Å²) in [5, 5.41) is 4.59. The lowest BCUT2D eigenvalue weighted by Crippen LogP contribution is -2.26. The lowest BCUT2D eigenvalue weighted by Gasteiger charge is -2.16. The van der Waals surface area contributed by atoms with Gasteiger partial charge in [0.15, 0.2) is 0 Å². The molecule has 0 aromatic heterocycles. The molecule has 0 N–H and O–H groups in total. The molecule has 0 spiro atoms. The molecule has 2 heterocycles. The third kappa shape index (κ3) is 2.73. The smallest absolute Gasteiger partial charge is 0.223 e. The predicted molar refractivity (Wildman–Crippen MR) is 91.8 cm³/mol. The molecule has 1 unspecified atom stereocenters. The monoisotopic (exact) mass is 320 g/mol. The first kappa shape index (κ1) is 14.8. The van der Waals surface area contributed by atoms with Crippen molar-refractivity contribution in [3.05, 3.63) is 54.1 Å². The van der Waals surface area contributed by atoms with Crippen LogP contribution < -0.4 is 10.1 Å². The molecule has 2 aromatic rings. The van der Waals surface area contributed by atoms with Crippen LogP contribution in [0.5, 0.6) is 5.75 Å². The van der Waals surface area contributed by atoms with Gasteiger partial charge < -0.3 is 9.64 Å². The topological polar surface area (TPSA) is 56.0 Å². The predicted octanol–water partition coefficient (Wildman–Crippen LogP) is 3.02. The average Bonchev–Trinajstić information content (AvgIpc) is 3.19. The first-order valence-corrected chi connectivity index (χ1v) is 8.03. The number of methoxy groups -OCH3 is 1. The van der Waals surface area contributed by atoms with Crippen LogP contribution in [0.3, 0.4) is 0 Å². The fraction of sp³-hybridized carbons (Fsp3) is 0.263. The van der Waals surface area contributed by atoms with Crippen molar-refractivity contribution in [2.45, 2.75) is 13.0 Å². The normalized spacial score (nSPS) is 19.0. The molecule has 24 heavy (non-hydrogen) atoms. The quantitative estimate of drug-likeness (QED) is 0.869. The summed E-state index contributed by atoms with van der Waals surface area (Å²) in [6.07, 6.45) is 0.479. The second-order valence-corrected chi connectivity index (χ2v) is 6.09. The zero-order chi connectivity index (χ0) is 16.5. The summed E-state index contributed by atoms with van der Waals surface area (Å²) in [6.45, 7) is 1.28. The van der Waals surface area contributed by atoms with E-state index >= 15 is 0 Å². The second kappa shape index (κ2) is 6.00. The molecule has 1 atom stereocenters. The Morgan fingerprint density at radius 2 is 1.88 bits per heavy atom. The molecule has 5 heteroatoms. The van der Waals surface area contributed by atoms with Crippen LogP contribution in [-0.4, -0.2) is 30.3 Å². The van der Waals surface area contributed by atoms with Crippen molar-refractivity contribution >= 4 is 23.1 Å². The van der Waals surface area contributed by atoms with Gasteiger partial charge in [-0.25, -0.2) is 10.3 Å². The van der Waals surface area contributed by atoms with E-state index in [0.717, 1.165) is 28.5 Å². The minimum Gasteiger partial charge on any atom is -0.497 e. The Morgan fingerprint density at radius 1 is 1.12 bits per heavy atom. The second-order valence-electron chi connectivity index (χ2n) is 6.09. The molecule has 0 saturated carbocycles. The average molecular weight is 320 g/mol. The minimum atomic E-state index is 0.0724. The van der Waals surface area contributed by atoms with E-state index in [9.17, 15) is 4.79 Å². The highest BCUT2D eigenvalue weighted by molar-refractivity contribution is 6.00. The van der Waals surface area contributed by atoms with Crippen molar-refractivity contribution in [1.82, 2.24) is 10.2 Å². The summed E-state index contributed by atoms with van der Waals surface area (Å²) in [6, 6.07) is 15.6. The summed E-state index contributed by atoms with van der Waals surface area (Å²) >= 11 is 0. The number of carbonyl (C=O) groups excluding carboxylic acids is 1. The molecule has 2 aromatic carbocycles. The van der Waals surface area contributed by atoms with Crippen molar-refractivity contribution in [3.8, 4) is 5.75 Å². The molecule has 1 saturated heterocycles. The Balaban J connectivity index is 1.44. The van der Waals surface area contributed by atoms with E-state index in [2.05, 4.69) is 10.3 Å². The fourth-order valence-corrected chi connectivity index (χ4v) is 3.16.